The predicted molar refractivity (Wildman–Crippen MR) is 100 cm³/mol. The highest BCUT2D eigenvalue weighted by Crippen LogP contribution is 2.24. The van der Waals surface area contributed by atoms with Gasteiger partial charge in [-0.3, -0.25) is 0 Å². The summed E-state index contributed by atoms with van der Waals surface area (Å²) >= 11 is 3.32. The second-order valence-corrected chi connectivity index (χ2v) is 7.52. The number of fused-ring (bicyclic) bond motifs is 1. The van der Waals surface area contributed by atoms with Crippen LogP contribution in [0.5, 0.6) is 5.75 Å². The summed E-state index contributed by atoms with van der Waals surface area (Å²) in [6.45, 7) is 0. The molecule has 0 spiro atoms. The maximum Gasteiger partial charge on any atom is 0.234 e. The third-order valence-electron chi connectivity index (χ3n) is 3.72. The van der Waals surface area contributed by atoms with Crippen molar-refractivity contribution >= 4 is 28.1 Å². The van der Waals surface area contributed by atoms with Crippen molar-refractivity contribution in [2.45, 2.75) is 17.1 Å². The molecule has 0 amide bonds. The minimum absolute atomic E-state index is 0.747. The lowest BCUT2D eigenvalue weighted by Crippen LogP contribution is -1.96. The van der Waals surface area contributed by atoms with Crippen LogP contribution in [0.3, 0.4) is 0 Å². The summed E-state index contributed by atoms with van der Waals surface area (Å²) in [5.41, 5.74) is 1.20. The molecular weight excluding hydrogens is 352 g/mol. The van der Waals surface area contributed by atoms with Gasteiger partial charge in [-0.2, -0.15) is 9.61 Å². The van der Waals surface area contributed by atoms with Crippen LogP contribution < -0.4 is 4.74 Å². The highest BCUT2D eigenvalue weighted by molar-refractivity contribution is 7.98. The third kappa shape index (κ3) is 3.67. The Balaban J connectivity index is 1.49. The zero-order valence-electron chi connectivity index (χ0n) is 13.6. The van der Waals surface area contributed by atoms with Crippen LogP contribution in [0.25, 0.3) is 4.96 Å². The molecule has 0 bridgehead atoms. The van der Waals surface area contributed by atoms with Gasteiger partial charge in [0.25, 0.3) is 0 Å². The van der Waals surface area contributed by atoms with Crippen molar-refractivity contribution in [1.29, 1.82) is 0 Å². The SMILES string of the molecule is COc1ccc(Cc2nn3c(CSc4ccccc4)nnc3s2)cc1. The molecular formula is C18H16N4OS2. The molecule has 2 aromatic carbocycles. The normalized spacial score (nSPS) is 11.1. The van der Waals surface area contributed by atoms with Crippen LogP contribution in [0.15, 0.2) is 59.5 Å². The number of hydrogen-bond acceptors (Lipinski definition) is 6. The Morgan fingerprint density at radius 3 is 2.60 bits per heavy atom. The first-order valence-corrected chi connectivity index (χ1v) is 9.63. The Hall–Kier alpha value is -2.38. The first-order chi connectivity index (χ1) is 12.3. The summed E-state index contributed by atoms with van der Waals surface area (Å²) < 4.78 is 7.06. The number of ether oxygens (including phenoxy) is 1. The third-order valence-corrected chi connectivity index (χ3v) is 5.63. The van der Waals surface area contributed by atoms with Gasteiger partial charge in [-0.05, 0) is 29.8 Å². The van der Waals surface area contributed by atoms with E-state index in [1.54, 1.807) is 30.2 Å². The molecule has 0 aliphatic rings. The molecule has 2 heterocycles. The number of rotatable bonds is 6. The lowest BCUT2D eigenvalue weighted by Gasteiger charge is -2.01. The van der Waals surface area contributed by atoms with Crippen molar-refractivity contribution in [1.82, 2.24) is 19.8 Å². The summed E-state index contributed by atoms with van der Waals surface area (Å²) in [4.78, 5) is 2.06. The molecule has 0 aliphatic carbocycles. The average Bonchev–Trinajstić information content (AvgIpc) is 3.22. The summed E-state index contributed by atoms with van der Waals surface area (Å²) in [6, 6.07) is 18.4. The predicted octanol–water partition coefficient (Wildman–Crippen LogP) is 4.08. The molecule has 0 N–H and O–H groups in total. The van der Waals surface area contributed by atoms with Crippen LogP contribution in [-0.2, 0) is 12.2 Å². The number of methoxy groups -OCH3 is 1. The molecule has 4 rings (SSSR count). The van der Waals surface area contributed by atoms with Gasteiger partial charge >= 0.3 is 0 Å². The van der Waals surface area contributed by atoms with Gasteiger partial charge in [-0.25, -0.2) is 0 Å². The van der Waals surface area contributed by atoms with E-state index in [0.29, 0.717) is 0 Å². The molecule has 126 valence electrons. The fraction of sp³-hybridized carbons (Fsp3) is 0.167. The zero-order valence-corrected chi connectivity index (χ0v) is 15.3. The largest absolute Gasteiger partial charge is 0.497 e. The van der Waals surface area contributed by atoms with Gasteiger partial charge in [0.05, 0.1) is 12.9 Å². The van der Waals surface area contributed by atoms with Gasteiger partial charge in [0.2, 0.25) is 4.96 Å². The number of aromatic nitrogens is 4. The van der Waals surface area contributed by atoms with E-state index < -0.39 is 0 Å². The second kappa shape index (κ2) is 7.25. The summed E-state index contributed by atoms with van der Waals surface area (Å²) in [6.07, 6.45) is 0.781. The smallest absolute Gasteiger partial charge is 0.234 e. The van der Waals surface area contributed by atoms with Gasteiger partial charge in [0.15, 0.2) is 5.82 Å². The Bertz CT molecular complexity index is 964. The van der Waals surface area contributed by atoms with E-state index >= 15 is 0 Å². The van der Waals surface area contributed by atoms with Crippen molar-refractivity contribution in [2.75, 3.05) is 7.11 Å². The highest BCUT2D eigenvalue weighted by Gasteiger charge is 2.12. The van der Waals surface area contributed by atoms with E-state index in [4.69, 9.17) is 4.74 Å². The molecule has 7 heteroatoms. The molecule has 25 heavy (non-hydrogen) atoms. The number of nitrogens with zero attached hydrogens (tertiary/aromatic N) is 4. The number of hydrogen-bond donors (Lipinski definition) is 0. The molecule has 0 saturated carbocycles. The van der Waals surface area contributed by atoms with Crippen LogP contribution in [-0.4, -0.2) is 26.9 Å². The summed E-state index contributed by atoms with van der Waals surface area (Å²) in [7, 11) is 1.67. The van der Waals surface area contributed by atoms with Gasteiger partial charge < -0.3 is 4.74 Å². The monoisotopic (exact) mass is 368 g/mol. The van der Waals surface area contributed by atoms with Crippen LogP contribution in [0, 0.1) is 0 Å². The topological polar surface area (TPSA) is 52.3 Å². The van der Waals surface area contributed by atoms with Crippen molar-refractivity contribution in [2.24, 2.45) is 0 Å². The maximum atomic E-state index is 5.20. The molecule has 5 nitrogen and oxygen atoms in total. The lowest BCUT2D eigenvalue weighted by atomic mass is 10.1. The van der Waals surface area contributed by atoms with Gasteiger partial charge in [-0.1, -0.05) is 41.7 Å². The van der Waals surface area contributed by atoms with Crippen molar-refractivity contribution in [3.63, 3.8) is 0 Å². The van der Waals surface area contributed by atoms with E-state index in [1.807, 2.05) is 34.8 Å². The minimum Gasteiger partial charge on any atom is -0.497 e. The maximum absolute atomic E-state index is 5.20. The zero-order chi connectivity index (χ0) is 17.1. The standard InChI is InChI=1S/C18H16N4OS2/c1-23-14-9-7-13(8-10-14)11-17-21-22-16(19-20-18(22)25-17)12-24-15-5-3-2-4-6-15/h2-10H,11-12H2,1H3. The van der Waals surface area contributed by atoms with E-state index in [0.717, 1.165) is 33.7 Å². The Labute approximate surface area is 153 Å². The Morgan fingerprint density at radius 2 is 1.84 bits per heavy atom. The van der Waals surface area contributed by atoms with Crippen molar-refractivity contribution < 1.29 is 4.74 Å². The molecule has 2 aromatic heterocycles. The average molecular weight is 368 g/mol. The van der Waals surface area contributed by atoms with Crippen LogP contribution in [0.1, 0.15) is 16.4 Å². The van der Waals surface area contributed by atoms with Gasteiger partial charge in [0, 0.05) is 11.3 Å². The van der Waals surface area contributed by atoms with E-state index in [1.165, 1.54) is 10.5 Å². The molecule has 0 unspecified atom stereocenters. The number of thioether (sulfide) groups is 1. The van der Waals surface area contributed by atoms with Crippen LogP contribution in [0.2, 0.25) is 0 Å². The molecule has 0 radical (unpaired) electrons. The first kappa shape index (κ1) is 16.1. The highest BCUT2D eigenvalue weighted by atomic mass is 32.2. The van der Waals surface area contributed by atoms with E-state index in [2.05, 4.69) is 39.6 Å². The fourth-order valence-electron chi connectivity index (χ4n) is 2.44. The molecule has 0 aliphatic heterocycles. The molecule has 4 aromatic rings. The summed E-state index contributed by atoms with van der Waals surface area (Å²) in [5, 5.41) is 14.2. The fourth-order valence-corrected chi connectivity index (χ4v) is 4.15. The minimum atomic E-state index is 0.747. The molecule has 0 atom stereocenters. The summed E-state index contributed by atoms with van der Waals surface area (Å²) in [5.74, 6) is 2.49. The molecule has 0 saturated heterocycles. The lowest BCUT2D eigenvalue weighted by molar-refractivity contribution is 0.414. The first-order valence-electron chi connectivity index (χ1n) is 7.82. The Morgan fingerprint density at radius 1 is 1.04 bits per heavy atom. The van der Waals surface area contributed by atoms with Crippen molar-refractivity contribution in [3.8, 4) is 5.75 Å². The number of benzene rings is 2. The quantitative estimate of drug-likeness (QED) is 0.480. The molecule has 0 fully saturated rings. The van der Waals surface area contributed by atoms with Gasteiger partial charge in [0.1, 0.15) is 10.8 Å². The van der Waals surface area contributed by atoms with Crippen molar-refractivity contribution in [3.05, 3.63) is 71.0 Å². The Kier molecular flexibility index (Phi) is 4.67. The van der Waals surface area contributed by atoms with Crippen LogP contribution in [0.4, 0.5) is 0 Å². The van der Waals surface area contributed by atoms with E-state index in [-0.39, 0.29) is 0 Å². The van der Waals surface area contributed by atoms with Gasteiger partial charge in [-0.15, -0.1) is 22.0 Å². The second-order valence-electron chi connectivity index (χ2n) is 5.43. The van der Waals surface area contributed by atoms with E-state index in [9.17, 15) is 0 Å². The van der Waals surface area contributed by atoms with Crippen LogP contribution >= 0.6 is 23.1 Å².